The zero-order valence-electron chi connectivity index (χ0n) is 11.9. The average molecular weight is 374 g/mol. The van der Waals surface area contributed by atoms with E-state index in [2.05, 4.69) is 15.4 Å². The maximum atomic E-state index is 11.9. The van der Waals surface area contributed by atoms with Crippen LogP contribution in [0.5, 0.6) is 0 Å². The third kappa shape index (κ3) is 5.63. The molecule has 0 saturated heterocycles. The summed E-state index contributed by atoms with van der Waals surface area (Å²) in [6.07, 6.45) is 1.06. The van der Waals surface area contributed by atoms with Crippen molar-refractivity contribution >= 4 is 56.3 Å². The molecular formula is C14H13Cl2N3O3S. The molecule has 2 amide bonds. The van der Waals surface area contributed by atoms with Crippen LogP contribution in [0, 0.1) is 0 Å². The Morgan fingerprint density at radius 3 is 2.17 bits per heavy atom. The fraction of sp³-hybridized carbons (Fsp3) is 0.0714. The second kappa shape index (κ2) is 7.08. The molecule has 0 radical (unpaired) electrons. The van der Waals surface area contributed by atoms with Crippen LogP contribution in [0.2, 0.25) is 10.0 Å². The Kier molecular flexibility index (Phi) is 5.35. The van der Waals surface area contributed by atoms with E-state index in [-0.39, 0.29) is 0 Å². The number of halogens is 2. The minimum Gasteiger partial charge on any atom is -0.308 e. The van der Waals surface area contributed by atoms with Crippen LogP contribution in [0.1, 0.15) is 0 Å². The fourth-order valence-electron chi connectivity index (χ4n) is 1.71. The summed E-state index contributed by atoms with van der Waals surface area (Å²) in [5.74, 6) is 0. The molecule has 0 bridgehead atoms. The highest BCUT2D eigenvalue weighted by Crippen LogP contribution is 2.25. The number of urea groups is 1. The minimum atomic E-state index is -3.34. The number of benzene rings is 2. The lowest BCUT2D eigenvalue weighted by Crippen LogP contribution is -2.19. The van der Waals surface area contributed by atoms with Crippen LogP contribution in [0.4, 0.5) is 21.9 Å². The monoisotopic (exact) mass is 373 g/mol. The van der Waals surface area contributed by atoms with Crippen molar-refractivity contribution in [2.75, 3.05) is 21.6 Å². The predicted molar refractivity (Wildman–Crippen MR) is 94.0 cm³/mol. The summed E-state index contributed by atoms with van der Waals surface area (Å²) in [4.78, 5) is 11.9. The van der Waals surface area contributed by atoms with Gasteiger partial charge < -0.3 is 10.6 Å². The van der Waals surface area contributed by atoms with Crippen molar-refractivity contribution in [3.05, 3.63) is 52.5 Å². The molecule has 0 heterocycles. The Hall–Kier alpha value is -1.96. The molecule has 23 heavy (non-hydrogen) atoms. The molecule has 0 atom stereocenters. The van der Waals surface area contributed by atoms with E-state index in [1.54, 1.807) is 24.3 Å². The Bertz CT molecular complexity index is 824. The van der Waals surface area contributed by atoms with Crippen LogP contribution in [-0.4, -0.2) is 20.7 Å². The first-order valence-corrected chi connectivity index (χ1v) is 8.98. The van der Waals surface area contributed by atoms with Gasteiger partial charge in [-0.05, 0) is 42.5 Å². The Balaban J connectivity index is 2.01. The van der Waals surface area contributed by atoms with Gasteiger partial charge in [0, 0.05) is 16.4 Å². The van der Waals surface area contributed by atoms with Gasteiger partial charge in [0.25, 0.3) is 0 Å². The number of rotatable bonds is 4. The Morgan fingerprint density at radius 2 is 1.57 bits per heavy atom. The zero-order chi connectivity index (χ0) is 17.0. The van der Waals surface area contributed by atoms with Gasteiger partial charge in [-0.3, -0.25) is 4.72 Å². The van der Waals surface area contributed by atoms with E-state index < -0.39 is 16.1 Å². The minimum absolute atomic E-state index is 0.359. The third-order valence-electron chi connectivity index (χ3n) is 2.62. The summed E-state index contributed by atoms with van der Waals surface area (Å²) >= 11 is 11.8. The largest absolute Gasteiger partial charge is 0.323 e. The highest BCUT2D eigenvalue weighted by molar-refractivity contribution is 7.92. The second-order valence-electron chi connectivity index (χ2n) is 4.65. The van der Waals surface area contributed by atoms with Crippen molar-refractivity contribution in [2.45, 2.75) is 0 Å². The number of carbonyl (C=O) groups excluding carboxylic acids is 1. The third-order valence-corrected chi connectivity index (χ3v) is 3.79. The molecule has 9 heteroatoms. The van der Waals surface area contributed by atoms with Gasteiger partial charge in [0.15, 0.2) is 0 Å². The molecule has 2 aromatic carbocycles. The molecule has 0 aliphatic rings. The SMILES string of the molecule is CS(=O)(=O)Nc1ccc(NC(=O)Nc2cc(Cl)ccc2Cl)cc1. The van der Waals surface area contributed by atoms with E-state index in [4.69, 9.17) is 23.2 Å². The molecule has 0 aliphatic carbocycles. The van der Waals surface area contributed by atoms with Crippen molar-refractivity contribution in [3.63, 3.8) is 0 Å². The molecule has 2 aromatic rings. The van der Waals surface area contributed by atoms with Gasteiger partial charge in [0.1, 0.15) is 0 Å². The molecule has 0 saturated carbocycles. The standard InChI is InChI=1S/C14H13Cl2N3O3S/c1-23(21,22)19-11-5-3-10(4-6-11)17-14(20)18-13-8-9(15)2-7-12(13)16/h2-8,19H,1H3,(H2,17,18,20). The van der Waals surface area contributed by atoms with Crippen molar-refractivity contribution in [1.29, 1.82) is 0 Å². The lowest BCUT2D eigenvalue weighted by molar-refractivity contribution is 0.262. The number of amides is 2. The van der Waals surface area contributed by atoms with Crippen molar-refractivity contribution in [2.24, 2.45) is 0 Å². The fourth-order valence-corrected chi connectivity index (χ4v) is 2.61. The molecule has 0 spiro atoms. The second-order valence-corrected chi connectivity index (χ2v) is 7.25. The Morgan fingerprint density at radius 1 is 0.957 bits per heavy atom. The van der Waals surface area contributed by atoms with Crippen molar-refractivity contribution in [1.82, 2.24) is 0 Å². The van der Waals surface area contributed by atoms with Gasteiger partial charge in [0.2, 0.25) is 10.0 Å². The molecule has 3 N–H and O–H groups in total. The first kappa shape index (κ1) is 17.4. The quantitative estimate of drug-likeness (QED) is 0.756. The first-order valence-electron chi connectivity index (χ1n) is 6.34. The molecule has 6 nitrogen and oxygen atoms in total. The van der Waals surface area contributed by atoms with Gasteiger partial charge in [0.05, 0.1) is 17.0 Å². The van der Waals surface area contributed by atoms with E-state index in [9.17, 15) is 13.2 Å². The molecule has 0 unspecified atom stereocenters. The van der Waals surface area contributed by atoms with Crippen LogP contribution < -0.4 is 15.4 Å². The van der Waals surface area contributed by atoms with Gasteiger partial charge in [-0.1, -0.05) is 23.2 Å². The van der Waals surface area contributed by atoms with Gasteiger partial charge in [-0.15, -0.1) is 0 Å². The van der Waals surface area contributed by atoms with Crippen LogP contribution >= 0.6 is 23.2 Å². The number of carbonyl (C=O) groups is 1. The molecule has 0 fully saturated rings. The van der Waals surface area contributed by atoms with E-state index in [0.717, 1.165) is 6.26 Å². The van der Waals surface area contributed by atoms with Crippen molar-refractivity contribution in [3.8, 4) is 0 Å². The van der Waals surface area contributed by atoms with Gasteiger partial charge in [-0.2, -0.15) is 0 Å². The number of hydrogen-bond acceptors (Lipinski definition) is 3. The Labute approximate surface area is 143 Å². The van der Waals surface area contributed by atoms with E-state index in [1.807, 2.05) is 0 Å². The highest BCUT2D eigenvalue weighted by Gasteiger charge is 2.07. The number of hydrogen-bond donors (Lipinski definition) is 3. The number of anilines is 3. The summed E-state index contributed by atoms with van der Waals surface area (Å²) in [5.41, 5.74) is 1.27. The molecule has 0 aromatic heterocycles. The molecule has 122 valence electrons. The lowest BCUT2D eigenvalue weighted by Gasteiger charge is -2.10. The van der Waals surface area contributed by atoms with E-state index in [0.29, 0.717) is 27.1 Å². The van der Waals surface area contributed by atoms with Crippen LogP contribution in [0.3, 0.4) is 0 Å². The maximum absolute atomic E-state index is 11.9. The van der Waals surface area contributed by atoms with Crippen LogP contribution in [0.25, 0.3) is 0 Å². The summed E-state index contributed by atoms with van der Waals surface area (Å²) in [7, 11) is -3.34. The molecular weight excluding hydrogens is 361 g/mol. The highest BCUT2D eigenvalue weighted by atomic mass is 35.5. The summed E-state index contributed by atoms with van der Waals surface area (Å²) in [5, 5.41) is 5.98. The lowest BCUT2D eigenvalue weighted by atomic mass is 10.3. The van der Waals surface area contributed by atoms with Gasteiger partial charge >= 0.3 is 6.03 Å². The predicted octanol–water partition coefficient (Wildman–Crippen LogP) is 4.01. The van der Waals surface area contributed by atoms with Crippen molar-refractivity contribution < 1.29 is 13.2 Å². The summed E-state index contributed by atoms with van der Waals surface area (Å²) in [6, 6.07) is 10.4. The molecule has 0 aliphatic heterocycles. The summed E-state index contributed by atoms with van der Waals surface area (Å²) < 4.78 is 24.6. The van der Waals surface area contributed by atoms with Gasteiger partial charge in [-0.25, -0.2) is 13.2 Å². The van der Waals surface area contributed by atoms with Crippen LogP contribution in [0.15, 0.2) is 42.5 Å². The van der Waals surface area contributed by atoms with E-state index >= 15 is 0 Å². The topological polar surface area (TPSA) is 87.3 Å². The molecule has 2 rings (SSSR count). The maximum Gasteiger partial charge on any atom is 0.323 e. The smallest absolute Gasteiger partial charge is 0.308 e. The average Bonchev–Trinajstić information content (AvgIpc) is 2.43. The number of sulfonamides is 1. The zero-order valence-corrected chi connectivity index (χ0v) is 14.3. The normalized spacial score (nSPS) is 10.9. The summed E-state index contributed by atoms with van der Waals surface area (Å²) in [6.45, 7) is 0. The van der Waals surface area contributed by atoms with Crippen LogP contribution in [-0.2, 0) is 10.0 Å². The van der Waals surface area contributed by atoms with E-state index in [1.165, 1.54) is 18.2 Å². The first-order chi connectivity index (χ1) is 10.7. The number of nitrogens with one attached hydrogen (secondary N) is 3.